The summed E-state index contributed by atoms with van der Waals surface area (Å²) in [6.45, 7) is 0. The highest BCUT2D eigenvalue weighted by Gasteiger charge is 2.24. The van der Waals surface area contributed by atoms with Crippen molar-refractivity contribution in [2.24, 2.45) is 11.8 Å². The summed E-state index contributed by atoms with van der Waals surface area (Å²) in [6, 6.07) is 2.23. The fourth-order valence-corrected chi connectivity index (χ4v) is 1.78. The van der Waals surface area contributed by atoms with Crippen LogP contribution >= 0.6 is 0 Å². The number of nitriles is 1. The van der Waals surface area contributed by atoms with Crippen LogP contribution in [0.25, 0.3) is 0 Å². The maximum absolute atomic E-state index is 10.2. The summed E-state index contributed by atoms with van der Waals surface area (Å²) in [5.41, 5.74) is 0. The van der Waals surface area contributed by atoms with Crippen LogP contribution in [0.3, 0.4) is 0 Å². The van der Waals surface area contributed by atoms with Crippen molar-refractivity contribution in [2.75, 3.05) is 0 Å². The van der Waals surface area contributed by atoms with Gasteiger partial charge in [-0.2, -0.15) is 5.26 Å². The van der Waals surface area contributed by atoms with Crippen LogP contribution in [-0.2, 0) is 4.79 Å². The highest BCUT2D eigenvalue weighted by Crippen LogP contribution is 2.33. The number of carboxylic acid groups (broad SMARTS) is 1. The summed E-state index contributed by atoms with van der Waals surface area (Å²) in [6.07, 6.45) is 3.90. The van der Waals surface area contributed by atoms with E-state index in [0.29, 0.717) is 5.92 Å². The standard InChI is InChI=1S/C9H13NO2/c10-6-8-2-1-7(5-8)3-4-9(11)12/h7-8H,1-5H2,(H,11,12). The largest absolute Gasteiger partial charge is 0.481 e. The van der Waals surface area contributed by atoms with Crippen molar-refractivity contribution < 1.29 is 9.90 Å². The van der Waals surface area contributed by atoms with Gasteiger partial charge in [0.2, 0.25) is 0 Å². The van der Waals surface area contributed by atoms with Gasteiger partial charge in [0.25, 0.3) is 0 Å². The van der Waals surface area contributed by atoms with E-state index in [2.05, 4.69) is 6.07 Å². The molecule has 0 amide bonds. The zero-order chi connectivity index (χ0) is 8.97. The lowest BCUT2D eigenvalue weighted by atomic mass is 10.0. The van der Waals surface area contributed by atoms with Crippen LogP contribution in [0.1, 0.15) is 32.1 Å². The fraction of sp³-hybridized carbons (Fsp3) is 0.778. The van der Waals surface area contributed by atoms with Crippen molar-refractivity contribution >= 4 is 5.97 Å². The average molecular weight is 167 g/mol. The van der Waals surface area contributed by atoms with E-state index in [1.165, 1.54) is 0 Å². The van der Waals surface area contributed by atoms with Gasteiger partial charge < -0.3 is 5.11 Å². The van der Waals surface area contributed by atoms with Crippen LogP contribution in [0.5, 0.6) is 0 Å². The zero-order valence-corrected chi connectivity index (χ0v) is 6.99. The minimum absolute atomic E-state index is 0.184. The zero-order valence-electron chi connectivity index (χ0n) is 6.99. The first-order chi connectivity index (χ1) is 5.72. The Bertz CT molecular complexity index is 207. The Morgan fingerprint density at radius 1 is 1.58 bits per heavy atom. The van der Waals surface area contributed by atoms with Crippen molar-refractivity contribution in [1.29, 1.82) is 5.26 Å². The predicted octanol–water partition coefficient (Wildman–Crippen LogP) is 1.79. The van der Waals surface area contributed by atoms with Crippen LogP contribution < -0.4 is 0 Å². The number of carboxylic acids is 1. The van der Waals surface area contributed by atoms with Gasteiger partial charge in [-0.05, 0) is 31.6 Å². The number of carbonyl (C=O) groups is 1. The van der Waals surface area contributed by atoms with E-state index in [-0.39, 0.29) is 12.3 Å². The summed E-state index contributed by atoms with van der Waals surface area (Å²) in [4.78, 5) is 10.2. The molecular weight excluding hydrogens is 154 g/mol. The summed E-state index contributed by atoms with van der Waals surface area (Å²) in [5, 5.41) is 17.0. The molecule has 2 atom stereocenters. The number of nitrogens with zero attached hydrogens (tertiary/aromatic N) is 1. The smallest absolute Gasteiger partial charge is 0.303 e. The van der Waals surface area contributed by atoms with E-state index in [0.717, 1.165) is 25.7 Å². The first-order valence-corrected chi connectivity index (χ1v) is 4.33. The number of hydrogen-bond acceptors (Lipinski definition) is 2. The average Bonchev–Trinajstić information content (AvgIpc) is 2.48. The summed E-state index contributed by atoms with van der Waals surface area (Å²) >= 11 is 0. The summed E-state index contributed by atoms with van der Waals surface area (Å²) < 4.78 is 0. The monoisotopic (exact) mass is 167 g/mol. The van der Waals surface area contributed by atoms with Crippen molar-refractivity contribution in [1.82, 2.24) is 0 Å². The lowest BCUT2D eigenvalue weighted by Crippen LogP contribution is -2.01. The van der Waals surface area contributed by atoms with Gasteiger partial charge in [0.05, 0.1) is 6.07 Å². The molecule has 0 bridgehead atoms. The van der Waals surface area contributed by atoms with E-state index in [1.807, 2.05) is 0 Å². The van der Waals surface area contributed by atoms with Crippen LogP contribution in [0.2, 0.25) is 0 Å². The number of aliphatic carboxylic acids is 1. The van der Waals surface area contributed by atoms with E-state index >= 15 is 0 Å². The normalized spacial score (nSPS) is 28.2. The maximum Gasteiger partial charge on any atom is 0.303 e. The molecule has 66 valence electrons. The topological polar surface area (TPSA) is 61.1 Å². The van der Waals surface area contributed by atoms with E-state index < -0.39 is 5.97 Å². The summed E-state index contributed by atoms with van der Waals surface area (Å²) in [7, 11) is 0. The Hall–Kier alpha value is -1.04. The molecule has 1 saturated carbocycles. The summed E-state index contributed by atoms with van der Waals surface area (Å²) in [5.74, 6) is -0.0649. The van der Waals surface area contributed by atoms with Gasteiger partial charge in [-0.25, -0.2) is 0 Å². The molecule has 2 unspecified atom stereocenters. The van der Waals surface area contributed by atoms with Crippen molar-refractivity contribution in [2.45, 2.75) is 32.1 Å². The third-order valence-corrected chi connectivity index (χ3v) is 2.49. The van der Waals surface area contributed by atoms with E-state index in [4.69, 9.17) is 10.4 Å². The second-order valence-electron chi connectivity index (χ2n) is 3.44. The molecule has 12 heavy (non-hydrogen) atoms. The molecule has 3 nitrogen and oxygen atoms in total. The van der Waals surface area contributed by atoms with Gasteiger partial charge in [-0.3, -0.25) is 4.79 Å². The quantitative estimate of drug-likeness (QED) is 0.697. The Labute approximate surface area is 72.0 Å². The van der Waals surface area contributed by atoms with Crippen LogP contribution in [0.4, 0.5) is 0 Å². The first kappa shape index (κ1) is 9.05. The van der Waals surface area contributed by atoms with Gasteiger partial charge in [0, 0.05) is 12.3 Å². The molecule has 1 N–H and O–H groups in total. The Balaban J connectivity index is 2.20. The number of rotatable bonds is 3. The lowest BCUT2D eigenvalue weighted by molar-refractivity contribution is -0.137. The van der Waals surface area contributed by atoms with Crippen molar-refractivity contribution in [3.8, 4) is 6.07 Å². The second-order valence-corrected chi connectivity index (χ2v) is 3.44. The second kappa shape index (κ2) is 4.10. The highest BCUT2D eigenvalue weighted by atomic mass is 16.4. The van der Waals surface area contributed by atoms with Gasteiger partial charge in [0.1, 0.15) is 0 Å². The molecule has 0 aromatic rings. The highest BCUT2D eigenvalue weighted by molar-refractivity contribution is 5.66. The third-order valence-electron chi connectivity index (χ3n) is 2.49. The third kappa shape index (κ3) is 2.54. The molecule has 0 spiro atoms. The molecule has 0 radical (unpaired) electrons. The van der Waals surface area contributed by atoms with Gasteiger partial charge in [-0.15, -0.1) is 0 Å². The molecule has 0 aromatic carbocycles. The molecule has 1 aliphatic carbocycles. The molecular formula is C9H13NO2. The van der Waals surface area contributed by atoms with Gasteiger partial charge in [0.15, 0.2) is 0 Å². The van der Waals surface area contributed by atoms with Crippen LogP contribution in [0, 0.1) is 23.2 Å². The SMILES string of the molecule is N#CC1CCC(CCC(=O)O)C1. The molecule has 0 saturated heterocycles. The molecule has 3 heteroatoms. The van der Waals surface area contributed by atoms with Gasteiger partial charge in [-0.1, -0.05) is 0 Å². The van der Waals surface area contributed by atoms with E-state index in [1.54, 1.807) is 0 Å². The molecule has 0 heterocycles. The van der Waals surface area contributed by atoms with Crippen molar-refractivity contribution in [3.63, 3.8) is 0 Å². The predicted molar refractivity (Wildman–Crippen MR) is 43.3 cm³/mol. The first-order valence-electron chi connectivity index (χ1n) is 4.33. The minimum Gasteiger partial charge on any atom is -0.481 e. The molecule has 1 rings (SSSR count). The van der Waals surface area contributed by atoms with Crippen LogP contribution in [0.15, 0.2) is 0 Å². The Morgan fingerprint density at radius 3 is 2.83 bits per heavy atom. The molecule has 0 aliphatic heterocycles. The Kier molecular flexibility index (Phi) is 3.09. The van der Waals surface area contributed by atoms with Crippen LogP contribution in [-0.4, -0.2) is 11.1 Å². The fourth-order valence-electron chi connectivity index (χ4n) is 1.78. The minimum atomic E-state index is -0.726. The maximum atomic E-state index is 10.2. The van der Waals surface area contributed by atoms with Gasteiger partial charge >= 0.3 is 5.97 Å². The van der Waals surface area contributed by atoms with Crippen molar-refractivity contribution in [3.05, 3.63) is 0 Å². The molecule has 1 fully saturated rings. The molecule has 0 aromatic heterocycles. The molecule has 1 aliphatic rings. The lowest BCUT2D eigenvalue weighted by Gasteiger charge is -2.04. The number of hydrogen-bond donors (Lipinski definition) is 1. The van der Waals surface area contributed by atoms with E-state index in [9.17, 15) is 4.79 Å². The Morgan fingerprint density at radius 2 is 2.33 bits per heavy atom.